The molecule has 1 aliphatic heterocycles. The van der Waals surface area contributed by atoms with Crippen LogP contribution in [-0.2, 0) is 13.1 Å². The maximum Gasteiger partial charge on any atom is 0.271 e. The van der Waals surface area contributed by atoms with Crippen LogP contribution in [0.4, 0.5) is 5.69 Å². The molecule has 1 aromatic carbocycles. The number of thiazole rings is 1. The number of piperazine rings is 1. The molecule has 3 aromatic rings. The Balaban J connectivity index is 1.26. The van der Waals surface area contributed by atoms with E-state index in [2.05, 4.69) is 49.4 Å². The molecule has 3 heterocycles. The number of benzene rings is 1. The van der Waals surface area contributed by atoms with Crippen LogP contribution in [0, 0.1) is 0 Å². The van der Waals surface area contributed by atoms with Crippen LogP contribution < -0.4 is 10.2 Å². The Hall–Kier alpha value is -2.77. The Bertz CT molecular complexity index is 891. The monoisotopic (exact) mass is 393 g/mol. The highest BCUT2D eigenvalue weighted by Gasteiger charge is 2.19. The van der Waals surface area contributed by atoms with E-state index in [1.54, 1.807) is 17.5 Å². The summed E-state index contributed by atoms with van der Waals surface area (Å²) in [7, 11) is 0. The van der Waals surface area contributed by atoms with Gasteiger partial charge in [0.2, 0.25) is 0 Å². The molecular formula is C21H23N5OS. The topological polar surface area (TPSA) is 61.4 Å². The summed E-state index contributed by atoms with van der Waals surface area (Å²) in [5.74, 6) is -0.151. The van der Waals surface area contributed by atoms with Crippen molar-refractivity contribution in [3.8, 4) is 0 Å². The number of nitrogens with one attached hydrogen (secondary N) is 1. The van der Waals surface area contributed by atoms with Crippen LogP contribution in [-0.4, -0.2) is 47.0 Å². The van der Waals surface area contributed by atoms with Crippen LogP contribution in [0.25, 0.3) is 0 Å². The number of para-hydroxylation sites is 1. The third-order valence-corrected chi connectivity index (χ3v) is 5.63. The summed E-state index contributed by atoms with van der Waals surface area (Å²) in [6.07, 6.45) is 1.72. The van der Waals surface area contributed by atoms with Gasteiger partial charge in [-0.25, -0.2) is 4.98 Å². The molecule has 144 valence electrons. The predicted molar refractivity (Wildman–Crippen MR) is 111 cm³/mol. The number of pyridine rings is 1. The van der Waals surface area contributed by atoms with Crippen molar-refractivity contribution in [3.63, 3.8) is 0 Å². The highest BCUT2D eigenvalue weighted by molar-refractivity contribution is 7.09. The van der Waals surface area contributed by atoms with Gasteiger partial charge in [-0.05, 0) is 24.3 Å². The molecule has 1 saturated heterocycles. The molecule has 4 rings (SSSR count). The number of carbonyl (C=O) groups is 1. The molecular weight excluding hydrogens is 370 g/mol. The van der Waals surface area contributed by atoms with Crippen molar-refractivity contribution in [2.45, 2.75) is 13.1 Å². The first kappa shape index (κ1) is 18.6. The lowest BCUT2D eigenvalue weighted by atomic mass is 10.2. The van der Waals surface area contributed by atoms with Gasteiger partial charge in [0.05, 0.1) is 18.8 Å². The summed E-state index contributed by atoms with van der Waals surface area (Å²) in [6, 6.07) is 16.2. The standard InChI is InChI=1S/C21H23N5OS/c27-21(23-14-17-6-4-5-9-22-17)19-16-28-20(24-19)15-25-10-12-26(13-11-25)18-7-2-1-3-8-18/h1-9,16H,10-15H2,(H,23,27). The van der Waals surface area contributed by atoms with Crippen LogP contribution >= 0.6 is 11.3 Å². The van der Waals surface area contributed by atoms with E-state index in [9.17, 15) is 4.79 Å². The zero-order valence-electron chi connectivity index (χ0n) is 15.6. The second-order valence-electron chi connectivity index (χ2n) is 6.73. The number of hydrogen-bond acceptors (Lipinski definition) is 6. The van der Waals surface area contributed by atoms with E-state index in [4.69, 9.17) is 0 Å². The Morgan fingerprint density at radius 1 is 1.04 bits per heavy atom. The number of amides is 1. The van der Waals surface area contributed by atoms with Gasteiger partial charge in [0, 0.05) is 43.4 Å². The summed E-state index contributed by atoms with van der Waals surface area (Å²) < 4.78 is 0. The van der Waals surface area contributed by atoms with Crippen LogP contribution in [0.3, 0.4) is 0 Å². The minimum Gasteiger partial charge on any atom is -0.369 e. The minimum absolute atomic E-state index is 0.151. The molecule has 0 spiro atoms. The number of carbonyl (C=O) groups excluding carboxylic acids is 1. The molecule has 28 heavy (non-hydrogen) atoms. The molecule has 1 aliphatic rings. The van der Waals surface area contributed by atoms with Gasteiger partial charge in [-0.2, -0.15) is 0 Å². The smallest absolute Gasteiger partial charge is 0.271 e. The Labute approximate surface area is 168 Å². The molecule has 2 aromatic heterocycles. The zero-order chi connectivity index (χ0) is 19.2. The minimum atomic E-state index is -0.151. The van der Waals surface area contributed by atoms with Crippen molar-refractivity contribution in [2.75, 3.05) is 31.1 Å². The fourth-order valence-electron chi connectivity index (χ4n) is 3.25. The maximum absolute atomic E-state index is 12.3. The van der Waals surface area contributed by atoms with E-state index in [0.29, 0.717) is 12.2 Å². The zero-order valence-corrected chi connectivity index (χ0v) is 16.4. The van der Waals surface area contributed by atoms with Crippen LogP contribution in [0.15, 0.2) is 60.1 Å². The van der Waals surface area contributed by atoms with Crippen LogP contribution in [0.5, 0.6) is 0 Å². The fourth-order valence-corrected chi connectivity index (χ4v) is 4.06. The van der Waals surface area contributed by atoms with Crippen molar-refractivity contribution < 1.29 is 4.79 Å². The summed E-state index contributed by atoms with van der Waals surface area (Å²) in [6.45, 7) is 5.21. The molecule has 1 N–H and O–H groups in total. The van der Waals surface area contributed by atoms with E-state index in [0.717, 1.165) is 43.4 Å². The highest BCUT2D eigenvalue weighted by Crippen LogP contribution is 2.18. The van der Waals surface area contributed by atoms with Gasteiger partial charge in [-0.15, -0.1) is 11.3 Å². The predicted octanol–water partition coefficient (Wildman–Crippen LogP) is 2.79. The summed E-state index contributed by atoms with van der Waals surface area (Å²) in [4.78, 5) is 25.9. The summed E-state index contributed by atoms with van der Waals surface area (Å²) in [5, 5.41) is 5.70. The first-order valence-corrected chi connectivity index (χ1v) is 10.3. The van der Waals surface area contributed by atoms with Gasteiger partial charge in [0.15, 0.2) is 0 Å². The normalized spacial score (nSPS) is 14.8. The quantitative estimate of drug-likeness (QED) is 0.698. The lowest BCUT2D eigenvalue weighted by Crippen LogP contribution is -2.45. The Morgan fingerprint density at radius 2 is 1.82 bits per heavy atom. The van der Waals surface area contributed by atoms with E-state index in [1.807, 2.05) is 29.6 Å². The van der Waals surface area contributed by atoms with E-state index in [-0.39, 0.29) is 5.91 Å². The molecule has 1 amide bonds. The number of rotatable bonds is 6. The van der Waals surface area contributed by atoms with Gasteiger partial charge in [-0.3, -0.25) is 14.7 Å². The third kappa shape index (κ3) is 4.74. The molecule has 0 unspecified atom stereocenters. The molecule has 0 aliphatic carbocycles. The highest BCUT2D eigenvalue weighted by atomic mass is 32.1. The van der Waals surface area contributed by atoms with Gasteiger partial charge in [-0.1, -0.05) is 24.3 Å². The van der Waals surface area contributed by atoms with Crippen LogP contribution in [0.1, 0.15) is 21.2 Å². The number of nitrogens with zero attached hydrogens (tertiary/aromatic N) is 4. The second-order valence-corrected chi connectivity index (χ2v) is 7.67. The Morgan fingerprint density at radius 3 is 2.57 bits per heavy atom. The molecule has 0 radical (unpaired) electrons. The third-order valence-electron chi connectivity index (χ3n) is 4.79. The maximum atomic E-state index is 12.3. The van der Waals surface area contributed by atoms with Gasteiger partial charge >= 0.3 is 0 Å². The van der Waals surface area contributed by atoms with Crippen molar-refractivity contribution in [1.29, 1.82) is 0 Å². The summed E-state index contributed by atoms with van der Waals surface area (Å²) >= 11 is 1.55. The molecule has 0 bridgehead atoms. The molecule has 7 heteroatoms. The van der Waals surface area contributed by atoms with Crippen molar-refractivity contribution in [3.05, 3.63) is 76.5 Å². The SMILES string of the molecule is O=C(NCc1ccccn1)c1csc(CN2CCN(c3ccccc3)CC2)n1. The molecule has 0 atom stereocenters. The lowest BCUT2D eigenvalue weighted by Gasteiger charge is -2.35. The largest absolute Gasteiger partial charge is 0.369 e. The first-order valence-electron chi connectivity index (χ1n) is 9.43. The first-order chi connectivity index (χ1) is 13.8. The molecule has 1 fully saturated rings. The van der Waals surface area contributed by atoms with E-state index < -0.39 is 0 Å². The van der Waals surface area contributed by atoms with Crippen LogP contribution in [0.2, 0.25) is 0 Å². The number of aromatic nitrogens is 2. The van der Waals surface area contributed by atoms with Gasteiger partial charge < -0.3 is 10.2 Å². The van der Waals surface area contributed by atoms with Crippen molar-refractivity contribution >= 4 is 22.9 Å². The van der Waals surface area contributed by atoms with Gasteiger partial charge in [0.1, 0.15) is 10.7 Å². The lowest BCUT2D eigenvalue weighted by molar-refractivity contribution is 0.0945. The fraction of sp³-hybridized carbons (Fsp3) is 0.286. The average molecular weight is 394 g/mol. The summed E-state index contributed by atoms with van der Waals surface area (Å²) in [5.41, 5.74) is 2.60. The molecule has 6 nitrogen and oxygen atoms in total. The number of anilines is 1. The Kier molecular flexibility index (Phi) is 5.94. The van der Waals surface area contributed by atoms with E-state index in [1.165, 1.54) is 5.69 Å². The van der Waals surface area contributed by atoms with Crippen molar-refractivity contribution in [2.24, 2.45) is 0 Å². The second kappa shape index (κ2) is 8.95. The molecule has 0 saturated carbocycles. The van der Waals surface area contributed by atoms with Crippen molar-refractivity contribution in [1.82, 2.24) is 20.2 Å². The van der Waals surface area contributed by atoms with Gasteiger partial charge in [0.25, 0.3) is 5.91 Å². The average Bonchev–Trinajstić information content (AvgIpc) is 3.22. The van der Waals surface area contributed by atoms with E-state index >= 15 is 0 Å². The number of hydrogen-bond donors (Lipinski definition) is 1.